The van der Waals surface area contributed by atoms with E-state index in [0.717, 1.165) is 21.0 Å². The summed E-state index contributed by atoms with van der Waals surface area (Å²) in [6.07, 6.45) is 0. The van der Waals surface area contributed by atoms with Gasteiger partial charge in [0, 0.05) is 20.0 Å². The summed E-state index contributed by atoms with van der Waals surface area (Å²) in [5, 5.41) is 1.82. The molecule has 0 amide bonds. The van der Waals surface area contributed by atoms with E-state index in [1.807, 2.05) is 25.1 Å². The number of nitrogen functional groups attached to an aromatic ring is 1. The first kappa shape index (κ1) is 7.90. The molecule has 0 fully saturated rings. The van der Waals surface area contributed by atoms with Crippen molar-refractivity contribution in [3.05, 3.63) is 28.1 Å². The van der Waals surface area contributed by atoms with E-state index in [4.69, 9.17) is 17.3 Å². The molecule has 0 unspecified atom stereocenters. The molecule has 1 heterocycles. The highest BCUT2D eigenvalue weighted by molar-refractivity contribution is 7.19. The van der Waals surface area contributed by atoms with Crippen LogP contribution >= 0.6 is 22.9 Å². The van der Waals surface area contributed by atoms with Crippen molar-refractivity contribution in [1.82, 2.24) is 0 Å². The lowest BCUT2D eigenvalue weighted by molar-refractivity contribution is 1.64. The van der Waals surface area contributed by atoms with Gasteiger partial charge in [-0.15, -0.1) is 11.3 Å². The van der Waals surface area contributed by atoms with Crippen LogP contribution in [0.5, 0.6) is 0 Å². The Morgan fingerprint density at radius 1 is 1.42 bits per heavy atom. The lowest BCUT2D eigenvalue weighted by Crippen LogP contribution is -1.83. The van der Waals surface area contributed by atoms with Gasteiger partial charge in [0.05, 0.1) is 5.69 Å². The number of anilines is 1. The van der Waals surface area contributed by atoms with Gasteiger partial charge in [0.1, 0.15) is 0 Å². The van der Waals surface area contributed by atoms with Crippen molar-refractivity contribution in [2.75, 3.05) is 5.73 Å². The largest absolute Gasteiger partial charge is 0.397 e. The average molecular weight is 198 g/mol. The Hall–Kier alpha value is -0.730. The van der Waals surface area contributed by atoms with Gasteiger partial charge in [-0.3, -0.25) is 0 Å². The summed E-state index contributed by atoms with van der Waals surface area (Å²) in [6, 6.07) is 5.81. The summed E-state index contributed by atoms with van der Waals surface area (Å²) in [7, 11) is 0. The smallest absolute Gasteiger partial charge is 0.0533 e. The van der Waals surface area contributed by atoms with Gasteiger partial charge in [-0.1, -0.05) is 11.6 Å². The number of aryl methyl sites for hydroxylation is 1. The molecule has 2 aromatic rings. The standard InChI is InChI=1S/C9H8ClNS/c1-5-9(11)7-4-6(10)2-3-8(7)12-5/h2-4H,11H2,1H3. The Morgan fingerprint density at radius 3 is 2.92 bits per heavy atom. The third-order valence-corrected chi connectivity index (χ3v) is 3.21. The molecule has 0 aliphatic carbocycles. The van der Waals surface area contributed by atoms with E-state index in [9.17, 15) is 0 Å². The van der Waals surface area contributed by atoms with Crippen LogP contribution in [-0.2, 0) is 0 Å². The van der Waals surface area contributed by atoms with Gasteiger partial charge in [0.15, 0.2) is 0 Å². The number of fused-ring (bicyclic) bond motifs is 1. The zero-order valence-corrected chi connectivity index (χ0v) is 8.17. The number of nitrogens with two attached hydrogens (primary N) is 1. The Morgan fingerprint density at radius 2 is 2.17 bits per heavy atom. The quantitative estimate of drug-likeness (QED) is 0.688. The maximum Gasteiger partial charge on any atom is 0.0533 e. The average Bonchev–Trinajstić information content (AvgIpc) is 2.31. The van der Waals surface area contributed by atoms with E-state index in [1.54, 1.807) is 11.3 Å². The third kappa shape index (κ3) is 1.08. The first-order chi connectivity index (χ1) is 5.68. The van der Waals surface area contributed by atoms with Crippen molar-refractivity contribution >= 4 is 38.7 Å². The van der Waals surface area contributed by atoms with E-state index >= 15 is 0 Å². The molecule has 62 valence electrons. The summed E-state index contributed by atoms with van der Waals surface area (Å²) in [5.74, 6) is 0. The van der Waals surface area contributed by atoms with Gasteiger partial charge in [-0.2, -0.15) is 0 Å². The second-order valence-corrected chi connectivity index (χ2v) is 4.41. The molecule has 2 rings (SSSR count). The van der Waals surface area contributed by atoms with Crippen molar-refractivity contribution in [2.45, 2.75) is 6.92 Å². The van der Waals surface area contributed by atoms with Crippen LogP contribution < -0.4 is 5.73 Å². The summed E-state index contributed by atoms with van der Waals surface area (Å²) < 4.78 is 1.20. The number of benzene rings is 1. The number of hydrogen-bond acceptors (Lipinski definition) is 2. The predicted molar refractivity (Wildman–Crippen MR) is 56.0 cm³/mol. The lowest BCUT2D eigenvalue weighted by atomic mass is 10.2. The minimum Gasteiger partial charge on any atom is -0.397 e. The molecule has 0 spiro atoms. The van der Waals surface area contributed by atoms with Crippen molar-refractivity contribution in [3.8, 4) is 0 Å². The summed E-state index contributed by atoms with van der Waals surface area (Å²) in [4.78, 5) is 1.16. The van der Waals surface area contributed by atoms with Crippen LogP contribution in [0, 0.1) is 6.92 Å². The monoisotopic (exact) mass is 197 g/mol. The number of halogens is 1. The minimum absolute atomic E-state index is 0.743. The second-order valence-electron chi connectivity index (χ2n) is 2.71. The van der Waals surface area contributed by atoms with Gasteiger partial charge < -0.3 is 5.73 Å². The Balaban J connectivity index is 2.88. The molecule has 2 N–H and O–H groups in total. The van der Waals surface area contributed by atoms with Crippen molar-refractivity contribution in [2.24, 2.45) is 0 Å². The highest BCUT2D eigenvalue weighted by Gasteiger charge is 2.04. The van der Waals surface area contributed by atoms with Crippen LogP contribution in [0.3, 0.4) is 0 Å². The fourth-order valence-corrected chi connectivity index (χ4v) is 2.35. The SMILES string of the molecule is Cc1sc2ccc(Cl)cc2c1N. The second kappa shape index (κ2) is 2.64. The molecule has 1 nitrogen and oxygen atoms in total. The number of thiophene rings is 1. The molecule has 3 heteroatoms. The molecule has 0 saturated carbocycles. The number of hydrogen-bond donors (Lipinski definition) is 1. The van der Waals surface area contributed by atoms with Crippen LogP contribution in [-0.4, -0.2) is 0 Å². The molecule has 0 atom stereocenters. The molecular weight excluding hydrogens is 190 g/mol. The van der Waals surface area contributed by atoms with Crippen molar-refractivity contribution in [3.63, 3.8) is 0 Å². The topological polar surface area (TPSA) is 26.0 Å². The zero-order valence-electron chi connectivity index (χ0n) is 6.60. The van der Waals surface area contributed by atoms with Crippen LogP contribution in [0.4, 0.5) is 5.69 Å². The number of rotatable bonds is 0. The van der Waals surface area contributed by atoms with Crippen molar-refractivity contribution in [1.29, 1.82) is 0 Å². The maximum atomic E-state index is 5.86. The van der Waals surface area contributed by atoms with E-state index in [1.165, 1.54) is 4.70 Å². The lowest BCUT2D eigenvalue weighted by Gasteiger charge is -1.92. The zero-order chi connectivity index (χ0) is 8.72. The molecule has 0 aliphatic rings. The minimum atomic E-state index is 0.743. The molecule has 0 saturated heterocycles. The molecule has 0 radical (unpaired) electrons. The van der Waals surface area contributed by atoms with Crippen LogP contribution in [0.2, 0.25) is 5.02 Å². The van der Waals surface area contributed by atoms with Gasteiger partial charge in [-0.05, 0) is 25.1 Å². The third-order valence-electron chi connectivity index (χ3n) is 1.87. The van der Waals surface area contributed by atoms with E-state index in [2.05, 4.69) is 0 Å². The van der Waals surface area contributed by atoms with Crippen LogP contribution in [0.25, 0.3) is 10.1 Å². The normalized spacial score (nSPS) is 10.8. The predicted octanol–water partition coefficient (Wildman–Crippen LogP) is 3.45. The van der Waals surface area contributed by atoms with Crippen LogP contribution in [0.15, 0.2) is 18.2 Å². The molecular formula is C9H8ClNS. The molecule has 0 bridgehead atoms. The van der Waals surface area contributed by atoms with Gasteiger partial charge in [0.2, 0.25) is 0 Å². The van der Waals surface area contributed by atoms with E-state index in [-0.39, 0.29) is 0 Å². The van der Waals surface area contributed by atoms with Crippen molar-refractivity contribution < 1.29 is 0 Å². The summed E-state index contributed by atoms with van der Waals surface area (Å²) >= 11 is 7.55. The first-order valence-electron chi connectivity index (χ1n) is 3.62. The van der Waals surface area contributed by atoms with E-state index < -0.39 is 0 Å². The summed E-state index contributed by atoms with van der Waals surface area (Å²) in [5.41, 5.74) is 6.72. The Bertz CT molecular complexity index is 433. The molecule has 1 aromatic heterocycles. The van der Waals surface area contributed by atoms with Gasteiger partial charge >= 0.3 is 0 Å². The first-order valence-corrected chi connectivity index (χ1v) is 4.82. The Kier molecular flexibility index (Phi) is 1.74. The van der Waals surface area contributed by atoms with E-state index in [0.29, 0.717) is 0 Å². The molecule has 12 heavy (non-hydrogen) atoms. The maximum absolute atomic E-state index is 5.86. The highest BCUT2D eigenvalue weighted by atomic mass is 35.5. The Labute approximate surface area is 79.8 Å². The van der Waals surface area contributed by atoms with Crippen LogP contribution in [0.1, 0.15) is 4.88 Å². The fourth-order valence-electron chi connectivity index (χ4n) is 1.21. The molecule has 1 aromatic carbocycles. The molecule has 0 aliphatic heterocycles. The fraction of sp³-hybridized carbons (Fsp3) is 0.111. The van der Waals surface area contributed by atoms with Gasteiger partial charge in [-0.25, -0.2) is 0 Å². The summed E-state index contributed by atoms with van der Waals surface area (Å²) in [6.45, 7) is 2.02. The van der Waals surface area contributed by atoms with Gasteiger partial charge in [0.25, 0.3) is 0 Å². The highest BCUT2D eigenvalue weighted by Crippen LogP contribution is 2.34.